The lowest BCUT2D eigenvalue weighted by atomic mass is 9.89. The Morgan fingerprint density at radius 1 is 1.33 bits per heavy atom. The molecule has 1 aliphatic rings. The SMILES string of the molecule is CS(=O)(=O)CCN1C[C@@H](C(=O)O)[C@H](c2ccc(F)cc2)C1. The second-order valence-corrected chi connectivity index (χ2v) is 7.75. The lowest BCUT2D eigenvalue weighted by Gasteiger charge is -2.15. The molecule has 1 heterocycles. The summed E-state index contributed by atoms with van der Waals surface area (Å²) in [6, 6.07) is 5.81. The third-order valence-electron chi connectivity index (χ3n) is 3.79. The minimum absolute atomic E-state index is 0.00940. The Morgan fingerprint density at radius 3 is 2.48 bits per heavy atom. The van der Waals surface area contributed by atoms with Gasteiger partial charge < -0.3 is 10.0 Å². The number of carboxylic acid groups (broad SMARTS) is 1. The van der Waals surface area contributed by atoms with Crippen LogP contribution in [-0.2, 0) is 14.6 Å². The van der Waals surface area contributed by atoms with Gasteiger partial charge in [0, 0.05) is 31.8 Å². The van der Waals surface area contributed by atoms with Crippen molar-refractivity contribution >= 4 is 15.8 Å². The van der Waals surface area contributed by atoms with Crippen molar-refractivity contribution in [2.45, 2.75) is 5.92 Å². The molecule has 7 heteroatoms. The summed E-state index contributed by atoms with van der Waals surface area (Å²) in [6.45, 7) is 1.10. The highest BCUT2D eigenvalue weighted by Crippen LogP contribution is 2.32. The molecule has 2 atom stereocenters. The fourth-order valence-corrected chi connectivity index (χ4v) is 3.25. The number of benzene rings is 1. The van der Waals surface area contributed by atoms with Crippen LogP contribution in [0.5, 0.6) is 0 Å². The zero-order chi connectivity index (χ0) is 15.6. The van der Waals surface area contributed by atoms with E-state index in [-0.39, 0.29) is 17.5 Å². The predicted molar refractivity (Wildman–Crippen MR) is 76.4 cm³/mol. The lowest BCUT2D eigenvalue weighted by Crippen LogP contribution is -2.28. The van der Waals surface area contributed by atoms with Gasteiger partial charge in [-0.15, -0.1) is 0 Å². The first-order chi connectivity index (χ1) is 9.76. The van der Waals surface area contributed by atoms with Crippen LogP contribution in [0, 0.1) is 11.7 Å². The van der Waals surface area contributed by atoms with Gasteiger partial charge in [0.05, 0.1) is 11.7 Å². The van der Waals surface area contributed by atoms with Crippen LogP contribution in [0.25, 0.3) is 0 Å². The second-order valence-electron chi connectivity index (χ2n) is 5.49. The van der Waals surface area contributed by atoms with E-state index in [1.165, 1.54) is 12.1 Å². The Balaban J connectivity index is 2.12. The van der Waals surface area contributed by atoms with E-state index in [1.54, 1.807) is 12.1 Å². The molecule has 0 amide bonds. The quantitative estimate of drug-likeness (QED) is 0.876. The molecule has 5 nitrogen and oxygen atoms in total. The van der Waals surface area contributed by atoms with Crippen molar-refractivity contribution in [3.8, 4) is 0 Å². The molecule has 0 unspecified atom stereocenters. The minimum atomic E-state index is -3.08. The summed E-state index contributed by atoms with van der Waals surface area (Å²) in [6.07, 6.45) is 1.16. The van der Waals surface area contributed by atoms with E-state index in [4.69, 9.17) is 0 Å². The van der Waals surface area contributed by atoms with E-state index >= 15 is 0 Å². The molecule has 0 saturated carbocycles. The number of carbonyl (C=O) groups is 1. The van der Waals surface area contributed by atoms with E-state index in [0.717, 1.165) is 11.8 Å². The monoisotopic (exact) mass is 315 g/mol. The van der Waals surface area contributed by atoms with E-state index in [9.17, 15) is 22.7 Å². The summed E-state index contributed by atoms with van der Waals surface area (Å²) >= 11 is 0. The van der Waals surface area contributed by atoms with Gasteiger partial charge in [0.25, 0.3) is 0 Å². The molecule has 1 aliphatic heterocycles. The number of carboxylic acids is 1. The fraction of sp³-hybridized carbons (Fsp3) is 0.500. The van der Waals surface area contributed by atoms with Gasteiger partial charge in [-0.25, -0.2) is 12.8 Å². The number of hydrogen-bond donors (Lipinski definition) is 1. The van der Waals surface area contributed by atoms with Crippen molar-refractivity contribution in [3.63, 3.8) is 0 Å². The van der Waals surface area contributed by atoms with Gasteiger partial charge in [-0.2, -0.15) is 0 Å². The van der Waals surface area contributed by atoms with Gasteiger partial charge in [-0.05, 0) is 17.7 Å². The molecule has 1 saturated heterocycles. The minimum Gasteiger partial charge on any atom is -0.481 e. The molecule has 1 aromatic carbocycles. The largest absolute Gasteiger partial charge is 0.481 e. The summed E-state index contributed by atoms with van der Waals surface area (Å²) in [5.41, 5.74) is 0.769. The van der Waals surface area contributed by atoms with Crippen LogP contribution < -0.4 is 0 Å². The maximum absolute atomic E-state index is 13.0. The second kappa shape index (κ2) is 6.11. The number of aliphatic carboxylic acids is 1. The maximum atomic E-state index is 13.0. The van der Waals surface area contributed by atoms with Crippen LogP contribution in [0.1, 0.15) is 11.5 Å². The molecule has 2 rings (SSSR count). The number of sulfone groups is 1. The topological polar surface area (TPSA) is 74.7 Å². The molecule has 116 valence electrons. The Labute approximate surface area is 123 Å². The summed E-state index contributed by atoms with van der Waals surface area (Å²) in [7, 11) is -3.08. The average molecular weight is 315 g/mol. The van der Waals surface area contributed by atoms with Gasteiger partial charge in [0.2, 0.25) is 0 Å². The van der Waals surface area contributed by atoms with E-state index in [2.05, 4.69) is 0 Å². The highest BCUT2D eigenvalue weighted by Gasteiger charge is 2.38. The molecule has 21 heavy (non-hydrogen) atoms. The zero-order valence-corrected chi connectivity index (χ0v) is 12.5. The van der Waals surface area contributed by atoms with Crippen molar-refractivity contribution < 1.29 is 22.7 Å². The fourth-order valence-electron chi connectivity index (χ4n) is 2.66. The number of hydrogen-bond acceptors (Lipinski definition) is 4. The molecule has 0 spiro atoms. The standard InChI is InChI=1S/C14H18FNO4S/c1-21(19,20)7-6-16-8-12(13(9-16)14(17)18)10-2-4-11(15)5-3-10/h2-5,12-13H,6-9H2,1H3,(H,17,18)/t12-,13+/m0/s1. The van der Waals surface area contributed by atoms with Gasteiger partial charge in [-0.1, -0.05) is 12.1 Å². The van der Waals surface area contributed by atoms with Crippen molar-refractivity contribution in [1.29, 1.82) is 0 Å². The maximum Gasteiger partial charge on any atom is 0.308 e. The van der Waals surface area contributed by atoms with E-state index in [1.807, 2.05) is 4.90 Å². The predicted octanol–water partition coefficient (Wildman–Crippen LogP) is 0.970. The lowest BCUT2D eigenvalue weighted by molar-refractivity contribution is -0.141. The number of halogens is 1. The molecule has 1 fully saturated rings. The van der Waals surface area contributed by atoms with Crippen LogP contribution in [0.4, 0.5) is 4.39 Å². The van der Waals surface area contributed by atoms with Crippen molar-refractivity contribution in [2.24, 2.45) is 5.92 Å². The summed E-state index contributed by atoms with van der Waals surface area (Å²) < 4.78 is 35.4. The van der Waals surface area contributed by atoms with Gasteiger partial charge in [0.15, 0.2) is 0 Å². The normalized spacial score (nSPS) is 23.3. The van der Waals surface area contributed by atoms with E-state index in [0.29, 0.717) is 19.6 Å². The summed E-state index contributed by atoms with van der Waals surface area (Å²) in [5.74, 6) is -2.11. The highest BCUT2D eigenvalue weighted by atomic mass is 32.2. The first kappa shape index (κ1) is 15.9. The Hall–Kier alpha value is -1.47. The van der Waals surface area contributed by atoms with Crippen LogP contribution in [0.3, 0.4) is 0 Å². The molecular weight excluding hydrogens is 297 g/mol. The van der Waals surface area contributed by atoms with Crippen LogP contribution >= 0.6 is 0 Å². The van der Waals surface area contributed by atoms with Crippen molar-refractivity contribution in [2.75, 3.05) is 31.6 Å². The van der Waals surface area contributed by atoms with Crippen molar-refractivity contribution in [3.05, 3.63) is 35.6 Å². The average Bonchev–Trinajstić information content (AvgIpc) is 2.81. The first-order valence-electron chi connectivity index (χ1n) is 6.64. The summed E-state index contributed by atoms with van der Waals surface area (Å²) in [5, 5.41) is 9.33. The molecule has 1 aromatic rings. The zero-order valence-electron chi connectivity index (χ0n) is 11.7. The smallest absolute Gasteiger partial charge is 0.308 e. The van der Waals surface area contributed by atoms with Gasteiger partial charge >= 0.3 is 5.97 Å². The Kier molecular flexibility index (Phi) is 4.63. The van der Waals surface area contributed by atoms with Crippen LogP contribution in [0.15, 0.2) is 24.3 Å². The molecule has 0 radical (unpaired) electrons. The third-order valence-corrected chi connectivity index (χ3v) is 4.71. The van der Waals surface area contributed by atoms with E-state index < -0.39 is 21.7 Å². The molecule has 1 N–H and O–H groups in total. The van der Waals surface area contributed by atoms with Crippen LogP contribution in [-0.4, -0.2) is 56.0 Å². The molecule has 0 aromatic heterocycles. The Morgan fingerprint density at radius 2 is 1.95 bits per heavy atom. The molecular formula is C14H18FNO4S. The van der Waals surface area contributed by atoms with Crippen molar-refractivity contribution in [1.82, 2.24) is 4.90 Å². The first-order valence-corrected chi connectivity index (χ1v) is 8.70. The molecule has 0 aliphatic carbocycles. The number of nitrogens with zero attached hydrogens (tertiary/aromatic N) is 1. The number of likely N-dealkylation sites (tertiary alicyclic amines) is 1. The third kappa shape index (κ3) is 4.25. The van der Waals surface area contributed by atoms with Crippen LogP contribution in [0.2, 0.25) is 0 Å². The van der Waals surface area contributed by atoms with Gasteiger partial charge in [0.1, 0.15) is 15.7 Å². The number of rotatable bonds is 5. The highest BCUT2D eigenvalue weighted by molar-refractivity contribution is 7.90. The van der Waals surface area contributed by atoms with Gasteiger partial charge in [-0.3, -0.25) is 4.79 Å². The Bertz CT molecular complexity index is 614. The summed E-state index contributed by atoms with van der Waals surface area (Å²) in [4.78, 5) is 13.2. The molecule has 0 bridgehead atoms.